The number of aromatic hydroxyl groups is 1. The number of benzene rings is 2. The molecule has 7 heteroatoms. The minimum absolute atomic E-state index is 0.0573. The summed E-state index contributed by atoms with van der Waals surface area (Å²) in [6.07, 6.45) is 0. The molecule has 0 heterocycles. The Morgan fingerprint density at radius 1 is 1.27 bits per heavy atom. The highest BCUT2D eigenvalue weighted by molar-refractivity contribution is 9.10. The SMILES string of the molecule is COc1c(C)cc(Br)cc1C(=O)NC(=S)Nc1cc(C(C)C)ccc1O. The molecule has 0 aliphatic heterocycles. The van der Waals surface area contributed by atoms with E-state index < -0.39 is 5.91 Å². The van der Waals surface area contributed by atoms with Crippen LogP contribution in [-0.2, 0) is 0 Å². The van der Waals surface area contributed by atoms with Crippen LogP contribution in [0, 0.1) is 6.92 Å². The first-order valence-corrected chi connectivity index (χ1v) is 9.22. The Hall–Kier alpha value is -2.12. The van der Waals surface area contributed by atoms with Crippen LogP contribution >= 0.6 is 28.1 Å². The molecule has 2 aromatic rings. The van der Waals surface area contributed by atoms with E-state index in [1.54, 1.807) is 12.1 Å². The predicted octanol–water partition coefficient (Wildman–Crippen LogP) is 4.72. The maximum absolute atomic E-state index is 12.6. The van der Waals surface area contributed by atoms with E-state index in [-0.39, 0.29) is 10.9 Å². The Morgan fingerprint density at radius 3 is 2.58 bits per heavy atom. The number of aryl methyl sites for hydroxylation is 1. The zero-order chi connectivity index (χ0) is 19.4. The molecule has 1 amide bonds. The second-order valence-corrected chi connectivity index (χ2v) is 7.47. The van der Waals surface area contributed by atoms with Crippen LogP contribution in [0.4, 0.5) is 5.69 Å². The number of carbonyl (C=O) groups excluding carboxylic acids is 1. The number of thiocarbonyl (C=S) groups is 1. The second kappa shape index (κ2) is 8.51. The van der Waals surface area contributed by atoms with Crippen LogP contribution in [0.15, 0.2) is 34.8 Å². The molecule has 0 fully saturated rings. The number of methoxy groups -OCH3 is 1. The van der Waals surface area contributed by atoms with Gasteiger partial charge in [-0.3, -0.25) is 10.1 Å². The number of ether oxygens (including phenoxy) is 1. The molecule has 0 saturated heterocycles. The average Bonchev–Trinajstić information content (AvgIpc) is 2.55. The van der Waals surface area contributed by atoms with Gasteiger partial charge in [-0.15, -0.1) is 0 Å². The van der Waals surface area contributed by atoms with Gasteiger partial charge in [0.15, 0.2) is 5.11 Å². The summed E-state index contributed by atoms with van der Waals surface area (Å²) < 4.78 is 6.09. The van der Waals surface area contributed by atoms with Crippen molar-refractivity contribution in [2.75, 3.05) is 12.4 Å². The fraction of sp³-hybridized carbons (Fsp3) is 0.263. The Bertz CT molecular complexity index is 853. The molecule has 0 unspecified atom stereocenters. The predicted molar refractivity (Wildman–Crippen MR) is 111 cm³/mol. The number of phenols is 1. The van der Waals surface area contributed by atoms with Gasteiger partial charge in [0.1, 0.15) is 11.5 Å². The molecule has 26 heavy (non-hydrogen) atoms. The van der Waals surface area contributed by atoms with Crippen molar-refractivity contribution in [3.63, 3.8) is 0 Å². The van der Waals surface area contributed by atoms with Crippen LogP contribution in [0.25, 0.3) is 0 Å². The minimum Gasteiger partial charge on any atom is -0.506 e. The topological polar surface area (TPSA) is 70.6 Å². The third kappa shape index (κ3) is 4.74. The first kappa shape index (κ1) is 20.2. The van der Waals surface area contributed by atoms with Crippen LogP contribution in [0.1, 0.15) is 41.3 Å². The number of rotatable bonds is 4. The Labute approximate surface area is 166 Å². The van der Waals surface area contributed by atoms with E-state index in [2.05, 4.69) is 40.4 Å². The summed E-state index contributed by atoms with van der Waals surface area (Å²) in [4.78, 5) is 12.6. The third-order valence-electron chi connectivity index (χ3n) is 3.85. The van der Waals surface area contributed by atoms with Gasteiger partial charge >= 0.3 is 0 Å². The number of halogens is 1. The Morgan fingerprint density at radius 2 is 1.96 bits per heavy atom. The number of hydrogen-bond donors (Lipinski definition) is 3. The summed E-state index contributed by atoms with van der Waals surface area (Å²) in [5.41, 5.74) is 2.68. The number of anilines is 1. The largest absolute Gasteiger partial charge is 0.506 e. The van der Waals surface area contributed by atoms with E-state index in [0.29, 0.717) is 22.9 Å². The Kier molecular flexibility index (Phi) is 6.61. The van der Waals surface area contributed by atoms with E-state index in [9.17, 15) is 9.90 Å². The summed E-state index contributed by atoms with van der Waals surface area (Å²) in [6.45, 7) is 5.96. The second-order valence-electron chi connectivity index (χ2n) is 6.14. The van der Waals surface area contributed by atoms with Gasteiger partial charge in [0.05, 0.1) is 18.4 Å². The van der Waals surface area contributed by atoms with Gasteiger partial charge in [0.25, 0.3) is 5.91 Å². The molecule has 0 bridgehead atoms. The minimum atomic E-state index is -0.400. The molecular weight excluding hydrogens is 416 g/mol. The molecule has 0 spiro atoms. The summed E-state index contributed by atoms with van der Waals surface area (Å²) >= 11 is 8.60. The standard InChI is InChI=1S/C19H21BrN2O3S/c1-10(2)12-5-6-16(23)15(8-12)21-19(26)22-18(24)14-9-13(20)7-11(3)17(14)25-4/h5-10,23H,1-4H3,(H2,21,22,24,26). The van der Waals surface area contributed by atoms with Gasteiger partial charge in [-0.25, -0.2) is 0 Å². The third-order valence-corrected chi connectivity index (χ3v) is 4.51. The van der Waals surface area contributed by atoms with Crippen molar-refractivity contribution in [2.24, 2.45) is 0 Å². The van der Waals surface area contributed by atoms with Gasteiger partial charge in [-0.1, -0.05) is 35.8 Å². The van der Waals surface area contributed by atoms with Gasteiger partial charge in [0, 0.05) is 4.47 Å². The zero-order valence-electron chi connectivity index (χ0n) is 15.0. The first-order valence-electron chi connectivity index (χ1n) is 8.02. The molecule has 5 nitrogen and oxygen atoms in total. The number of amides is 1. The molecule has 2 rings (SSSR count). The summed E-state index contributed by atoms with van der Waals surface area (Å²) in [6, 6.07) is 8.79. The highest BCUT2D eigenvalue weighted by Crippen LogP contribution is 2.29. The lowest BCUT2D eigenvalue weighted by atomic mass is 10.0. The van der Waals surface area contributed by atoms with Crippen LogP contribution in [0.2, 0.25) is 0 Å². The number of hydrogen-bond acceptors (Lipinski definition) is 4. The Balaban J connectivity index is 2.19. The molecule has 138 valence electrons. The molecule has 3 N–H and O–H groups in total. The van der Waals surface area contributed by atoms with Crippen LogP contribution < -0.4 is 15.4 Å². The van der Waals surface area contributed by atoms with E-state index in [1.807, 2.05) is 25.1 Å². The maximum atomic E-state index is 12.6. The smallest absolute Gasteiger partial charge is 0.261 e. The summed E-state index contributed by atoms with van der Waals surface area (Å²) in [5, 5.41) is 15.6. The lowest BCUT2D eigenvalue weighted by molar-refractivity contribution is 0.0974. The quantitative estimate of drug-likeness (QED) is 0.477. The molecule has 0 atom stereocenters. The highest BCUT2D eigenvalue weighted by atomic mass is 79.9. The van der Waals surface area contributed by atoms with E-state index >= 15 is 0 Å². The fourth-order valence-electron chi connectivity index (χ4n) is 2.51. The maximum Gasteiger partial charge on any atom is 0.261 e. The summed E-state index contributed by atoms with van der Waals surface area (Å²) in [7, 11) is 1.51. The molecule has 0 aliphatic rings. The monoisotopic (exact) mass is 436 g/mol. The van der Waals surface area contributed by atoms with Gasteiger partial charge in [0.2, 0.25) is 0 Å². The van der Waals surface area contributed by atoms with E-state index in [0.717, 1.165) is 15.6 Å². The van der Waals surface area contributed by atoms with Crippen LogP contribution in [0.3, 0.4) is 0 Å². The number of phenolic OH excluding ortho intramolecular Hbond substituents is 1. The average molecular weight is 437 g/mol. The lowest BCUT2D eigenvalue weighted by Crippen LogP contribution is -2.34. The van der Waals surface area contributed by atoms with Crippen molar-refractivity contribution in [1.82, 2.24) is 5.32 Å². The fourth-order valence-corrected chi connectivity index (χ4v) is 3.28. The van der Waals surface area contributed by atoms with Crippen molar-refractivity contribution in [2.45, 2.75) is 26.7 Å². The van der Waals surface area contributed by atoms with Crippen molar-refractivity contribution in [3.8, 4) is 11.5 Å². The van der Waals surface area contributed by atoms with E-state index in [4.69, 9.17) is 17.0 Å². The van der Waals surface area contributed by atoms with Gasteiger partial charge < -0.3 is 15.2 Å². The van der Waals surface area contributed by atoms with Gasteiger partial charge in [-0.2, -0.15) is 0 Å². The van der Waals surface area contributed by atoms with Crippen LogP contribution in [0.5, 0.6) is 11.5 Å². The summed E-state index contributed by atoms with van der Waals surface area (Å²) in [5.74, 6) is 0.441. The van der Waals surface area contributed by atoms with Crippen LogP contribution in [-0.4, -0.2) is 23.2 Å². The molecule has 0 aromatic heterocycles. The van der Waals surface area contributed by atoms with Crippen molar-refractivity contribution >= 4 is 44.9 Å². The van der Waals surface area contributed by atoms with Gasteiger partial charge in [-0.05, 0) is 60.5 Å². The molecule has 0 saturated carbocycles. The molecule has 0 aliphatic carbocycles. The first-order chi connectivity index (χ1) is 12.2. The highest BCUT2D eigenvalue weighted by Gasteiger charge is 2.17. The van der Waals surface area contributed by atoms with Crippen molar-refractivity contribution in [1.29, 1.82) is 0 Å². The number of carbonyl (C=O) groups is 1. The molecular formula is C19H21BrN2O3S. The molecule has 2 aromatic carbocycles. The lowest BCUT2D eigenvalue weighted by Gasteiger charge is -2.15. The van der Waals surface area contributed by atoms with Crippen molar-refractivity contribution in [3.05, 3.63) is 51.5 Å². The van der Waals surface area contributed by atoms with Crippen molar-refractivity contribution < 1.29 is 14.6 Å². The normalized spacial score (nSPS) is 10.5. The molecule has 0 radical (unpaired) electrons. The zero-order valence-corrected chi connectivity index (χ0v) is 17.4. The van der Waals surface area contributed by atoms with E-state index in [1.165, 1.54) is 7.11 Å². The number of nitrogens with one attached hydrogen (secondary N) is 2.